The lowest BCUT2D eigenvalue weighted by molar-refractivity contribution is -0.385. The SMILES string of the molecule is Cc1nc(C)n(C[C@H](O)COc2ccccc2[N+](=O)[O-])n1. The summed E-state index contributed by atoms with van der Waals surface area (Å²) < 4.78 is 6.90. The highest BCUT2D eigenvalue weighted by atomic mass is 16.6. The standard InChI is InChI=1S/C13H16N4O4/c1-9-14-10(2)16(15-9)7-11(18)8-21-13-6-4-3-5-12(13)17(19)20/h3-6,11,18H,7-8H2,1-2H3/t11-/m0/s1. The molecule has 0 aliphatic carbocycles. The van der Waals surface area contributed by atoms with E-state index in [2.05, 4.69) is 10.1 Å². The summed E-state index contributed by atoms with van der Waals surface area (Å²) >= 11 is 0. The van der Waals surface area contributed by atoms with E-state index in [1.54, 1.807) is 30.7 Å². The number of hydrogen-bond acceptors (Lipinski definition) is 6. The topological polar surface area (TPSA) is 103 Å². The molecule has 1 heterocycles. The zero-order valence-electron chi connectivity index (χ0n) is 11.8. The van der Waals surface area contributed by atoms with E-state index in [1.807, 2.05) is 0 Å². The van der Waals surface area contributed by atoms with E-state index in [1.165, 1.54) is 12.1 Å². The maximum absolute atomic E-state index is 10.8. The third-order valence-corrected chi connectivity index (χ3v) is 2.84. The number of nitro groups is 1. The third-order valence-electron chi connectivity index (χ3n) is 2.84. The molecule has 2 aromatic rings. The molecular weight excluding hydrogens is 276 g/mol. The van der Waals surface area contributed by atoms with Gasteiger partial charge in [-0.25, -0.2) is 9.67 Å². The number of aliphatic hydroxyl groups excluding tert-OH is 1. The summed E-state index contributed by atoms with van der Waals surface area (Å²) in [6.45, 7) is 3.70. The average Bonchev–Trinajstić information content (AvgIpc) is 2.74. The Morgan fingerprint density at radius 2 is 2.14 bits per heavy atom. The molecule has 1 aromatic carbocycles. The number of rotatable bonds is 6. The molecule has 0 spiro atoms. The van der Waals surface area contributed by atoms with Gasteiger partial charge in [-0.3, -0.25) is 10.1 Å². The first kappa shape index (κ1) is 14.9. The van der Waals surface area contributed by atoms with E-state index < -0.39 is 11.0 Å². The van der Waals surface area contributed by atoms with Gasteiger partial charge in [0.25, 0.3) is 0 Å². The Labute approximate surface area is 121 Å². The molecule has 1 aromatic heterocycles. The molecular formula is C13H16N4O4. The number of aryl methyl sites for hydroxylation is 2. The van der Waals surface area contributed by atoms with Gasteiger partial charge in [0, 0.05) is 6.07 Å². The molecule has 0 fully saturated rings. The lowest BCUT2D eigenvalue weighted by Gasteiger charge is -2.13. The monoisotopic (exact) mass is 292 g/mol. The lowest BCUT2D eigenvalue weighted by atomic mass is 10.3. The minimum atomic E-state index is -0.843. The van der Waals surface area contributed by atoms with Crippen molar-refractivity contribution in [2.24, 2.45) is 0 Å². The molecule has 0 saturated heterocycles. The maximum atomic E-state index is 10.8. The molecule has 8 heteroatoms. The van der Waals surface area contributed by atoms with Crippen molar-refractivity contribution in [3.63, 3.8) is 0 Å². The van der Waals surface area contributed by atoms with Crippen LogP contribution in [0.5, 0.6) is 5.75 Å². The van der Waals surface area contributed by atoms with E-state index in [4.69, 9.17) is 4.74 Å². The summed E-state index contributed by atoms with van der Waals surface area (Å²) in [6.07, 6.45) is -0.843. The van der Waals surface area contributed by atoms with Crippen molar-refractivity contribution in [3.05, 3.63) is 46.0 Å². The second-order valence-electron chi connectivity index (χ2n) is 4.58. The molecule has 0 radical (unpaired) electrons. The van der Waals surface area contributed by atoms with Gasteiger partial charge >= 0.3 is 5.69 Å². The number of aliphatic hydroxyl groups is 1. The van der Waals surface area contributed by atoms with E-state index >= 15 is 0 Å². The Morgan fingerprint density at radius 1 is 1.43 bits per heavy atom. The van der Waals surface area contributed by atoms with E-state index in [0.29, 0.717) is 11.6 Å². The van der Waals surface area contributed by atoms with Gasteiger partial charge < -0.3 is 9.84 Å². The summed E-state index contributed by atoms with van der Waals surface area (Å²) in [4.78, 5) is 14.5. The van der Waals surface area contributed by atoms with Gasteiger partial charge in [0.05, 0.1) is 11.5 Å². The predicted molar refractivity (Wildman–Crippen MR) is 74.1 cm³/mol. The van der Waals surface area contributed by atoms with Crippen LogP contribution in [0.15, 0.2) is 24.3 Å². The number of aromatic nitrogens is 3. The average molecular weight is 292 g/mol. The number of ether oxygens (including phenoxy) is 1. The second-order valence-corrected chi connectivity index (χ2v) is 4.58. The summed E-state index contributed by atoms with van der Waals surface area (Å²) in [7, 11) is 0. The molecule has 1 atom stereocenters. The third kappa shape index (κ3) is 3.76. The molecule has 0 bridgehead atoms. The summed E-state index contributed by atoms with van der Waals surface area (Å²) in [5, 5.41) is 24.9. The fourth-order valence-corrected chi connectivity index (χ4v) is 1.90. The summed E-state index contributed by atoms with van der Waals surface area (Å²) in [6, 6.07) is 6.05. The molecule has 8 nitrogen and oxygen atoms in total. The fourth-order valence-electron chi connectivity index (χ4n) is 1.90. The van der Waals surface area contributed by atoms with E-state index in [0.717, 1.165) is 0 Å². The first-order valence-electron chi connectivity index (χ1n) is 6.39. The minimum absolute atomic E-state index is 0.0663. The smallest absolute Gasteiger partial charge is 0.310 e. The quantitative estimate of drug-likeness (QED) is 0.634. The normalized spacial score (nSPS) is 12.1. The molecule has 0 unspecified atom stereocenters. The van der Waals surface area contributed by atoms with Crippen LogP contribution in [0.2, 0.25) is 0 Å². The van der Waals surface area contributed by atoms with Gasteiger partial charge in [-0.15, -0.1) is 0 Å². The van der Waals surface area contributed by atoms with Gasteiger partial charge in [0.15, 0.2) is 5.75 Å². The van der Waals surface area contributed by atoms with Gasteiger partial charge in [-0.05, 0) is 19.9 Å². The fraction of sp³-hybridized carbons (Fsp3) is 0.385. The lowest BCUT2D eigenvalue weighted by Crippen LogP contribution is -2.25. The molecule has 0 aliphatic heterocycles. The van der Waals surface area contributed by atoms with E-state index in [9.17, 15) is 15.2 Å². The second kappa shape index (κ2) is 6.31. The first-order valence-corrected chi connectivity index (χ1v) is 6.39. The van der Waals surface area contributed by atoms with Crippen LogP contribution >= 0.6 is 0 Å². The van der Waals surface area contributed by atoms with Crippen molar-refractivity contribution >= 4 is 5.69 Å². The molecule has 0 saturated carbocycles. The number of hydrogen-bond donors (Lipinski definition) is 1. The molecule has 112 valence electrons. The van der Waals surface area contributed by atoms with Crippen LogP contribution in [-0.4, -0.2) is 37.5 Å². The van der Waals surface area contributed by atoms with Crippen molar-refractivity contribution in [1.29, 1.82) is 0 Å². The van der Waals surface area contributed by atoms with Crippen LogP contribution < -0.4 is 4.74 Å². The highest BCUT2D eigenvalue weighted by Gasteiger charge is 2.16. The van der Waals surface area contributed by atoms with Crippen LogP contribution in [0.3, 0.4) is 0 Å². The van der Waals surface area contributed by atoms with Crippen LogP contribution in [0.25, 0.3) is 0 Å². The number of benzene rings is 1. The van der Waals surface area contributed by atoms with Crippen LogP contribution in [-0.2, 0) is 6.54 Å². The Balaban J connectivity index is 1.97. The zero-order valence-corrected chi connectivity index (χ0v) is 11.8. The van der Waals surface area contributed by atoms with Gasteiger partial charge in [0.1, 0.15) is 24.4 Å². The van der Waals surface area contributed by atoms with Crippen LogP contribution in [0.4, 0.5) is 5.69 Å². The Kier molecular flexibility index (Phi) is 4.49. The number of nitrogens with zero attached hydrogens (tertiary/aromatic N) is 4. The molecule has 1 N–H and O–H groups in total. The molecule has 21 heavy (non-hydrogen) atoms. The minimum Gasteiger partial charge on any atom is -0.484 e. The summed E-state index contributed by atoms with van der Waals surface area (Å²) in [5.74, 6) is 1.45. The highest BCUT2D eigenvalue weighted by molar-refractivity contribution is 5.45. The van der Waals surface area contributed by atoms with Crippen molar-refractivity contribution in [3.8, 4) is 5.75 Å². The van der Waals surface area contributed by atoms with Crippen LogP contribution in [0, 0.1) is 24.0 Å². The van der Waals surface area contributed by atoms with Gasteiger partial charge in [-0.1, -0.05) is 12.1 Å². The molecule has 0 aliphatic rings. The number of para-hydroxylation sites is 2. The maximum Gasteiger partial charge on any atom is 0.310 e. The van der Waals surface area contributed by atoms with Crippen molar-refractivity contribution < 1.29 is 14.8 Å². The van der Waals surface area contributed by atoms with Crippen molar-refractivity contribution in [1.82, 2.24) is 14.8 Å². The molecule has 0 amide bonds. The largest absolute Gasteiger partial charge is 0.484 e. The summed E-state index contributed by atoms with van der Waals surface area (Å²) in [5.41, 5.74) is -0.127. The van der Waals surface area contributed by atoms with Crippen molar-refractivity contribution in [2.75, 3.05) is 6.61 Å². The predicted octanol–water partition coefficient (Wildman–Crippen LogP) is 1.24. The Morgan fingerprint density at radius 3 is 2.76 bits per heavy atom. The zero-order chi connectivity index (χ0) is 15.4. The molecule has 2 rings (SSSR count). The van der Waals surface area contributed by atoms with Crippen molar-refractivity contribution in [2.45, 2.75) is 26.5 Å². The van der Waals surface area contributed by atoms with Crippen LogP contribution in [0.1, 0.15) is 11.6 Å². The highest BCUT2D eigenvalue weighted by Crippen LogP contribution is 2.25. The van der Waals surface area contributed by atoms with E-state index in [-0.39, 0.29) is 24.6 Å². The first-order chi connectivity index (χ1) is 9.97. The van der Waals surface area contributed by atoms with Gasteiger partial charge in [-0.2, -0.15) is 5.10 Å². The number of nitro benzene ring substituents is 1. The van der Waals surface area contributed by atoms with Gasteiger partial charge in [0.2, 0.25) is 0 Å². The Hall–Kier alpha value is -2.48. The Bertz CT molecular complexity index is 641.